The van der Waals surface area contributed by atoms with Gasteiger partial charge in [-0.25, -0.2) is 8.42 Å². The van der Waals surface area contributed by atoms with Gasteiger partial charge >= 0.3 is 0 Å². The fourth-order valence-electron chi connectivity index (χ4n) is 3.59. The molecule has 0 aromatic heterocycles. The van der Waals surface area contributed by atoms with E-state index in [1.807, 2.05) is 17.0 Å². The van der Waals surface area contributed by atoms with Crippen molar-refractivity contribution in [3.8, 4) is 0 Å². The van der Waals surface area contributed by atoms with Gasteiger partial charge in [-0.1, -0.05) is 26.0 Å². The van der Waals surface area contributed by atoms with Crippen molar-refractivity contribution in [1.82, 2.24) is 14.5 Å². The number of hydrogen-bond donors (Lipinski definition) is 1. The van der Waals surface area contributed by atoms with Crippen molar-refractivity contribution in [2.45, 2.75) is 43.6 Å². The molecule has 0 bridgehead atoms. The molecule has 8 heteroatoms. The highest BCUT2D eigenvalue weighted by molar-refractivity contribution is 7.89. The molecule has 0 saturated carbocycles. The van der Waals surface area contributed by atoms with E-state index in [-0.39, 0.29) is 12.0 Å². The predicted molar refractivity (Wildman–Crippen MR) is 108 cm³/mol. The lowest BCUT2D eigenvalue weighted by Gasteiger charge is -2.33. The van der Waals surface area contributed by atoms with Crippen LogP contribution in [0.1, 0.15) is 38.2 Å². The quantitative estimate of drug-likeness (QED) is 0.737. The number of ether oxygens (including phenoxy) is 1. The maximum atomic E-state index is 12.9. The topological polar surface area (TPSA) is 79.0 Å². The summed E-state index contributed by atoms with van der Waals surface area (Å²) in [5, 5.41) is 2.92. The van der Waals surface area contributed by atoms with Gasteiger partial charge in [0, 0.05) is 39.3 Å². The van der Waals surface area contributed by atoms with E-state index in [1.54, 1.807) is 12.1 Å². The highest BCUT2D eigenvalue weighted by atomic mass is 32.2. The molecule has 156 valence electrons. The monoisotopic (exact) mass is 409 g/mol. The van der Waals surface area contributed by atoms with E-state index in [2.05, 4.69) is 19.2 Å². The Balaban J connectivity index is 1.47. The maximum absolute atomic E-state index is 12.9. The molecule has 1 aromatic rings. The SMILES string of the molecule is CC(C)c1ccc(S(=O)(=O)N2CCN(CC(=O)NC[C@@H]3CCCO3)CC2)cc1. The molecule has 1 atom stereocenters. The van der Waals surface area contributed by atoms with Crippen LogP contribution in [-0.2, 0) is 19.6 Å². The number of benzene rings is 1. The largest absolute Gasteiger partial charge is 0.376 e. The Morgan fingerprint density at radius 3 is 2.43 bits per heavy atom. The van der Waals surface area contributed by atoms with Crippen LogP contribution in [0.5, 0.6) is 0 Å². The van der Waals surface area contributed by atoms with Gasteiger partial charge < -0.3 is 10.1 Å². The summed E-state index contributed by atoms with van der Waals surface area (Å²) in [4.78, 5) is 14.4. The normalized spacial score (nSPS) is 21.9. The number of rotatable bonds is 7. The van der Waals surface area contributed by atoms with Gasteiger partial charge in [-0.15, -0.1) is 0 Å². The molecule has 0 radical (unpaired) electrons. The van der Waals surface area contributed by atoms with E-state index in [0.717, 1.165) is 25.0 Å². The first-order valence-corrected chi connectivity index (χ1v) is 11.5. The molecule has 1 amide bonds. The van der Waals surface area contributed by atoms with Gasteiger partial charge in [0.25, 0.3) is 0 Å². The van der Waals surface area contributed by atoms with Crippen molar-refractivity contribution in [2.24, 2.45) is 0 Å². The lowest BCUT2D eigenvalue weighted by Crippen LogP contribution is -2.51. The predicted octanol–water partition coefficient (Wildman–Crippen LogP) is 1.41. The smallest absolute Gasteiger partial charge is 0.243 e. The standard InChI is InChI=1S/C20H31N3O4S/c1-16(2)17-5-7-19(8-6-17)28(25,26)23-11-9-22(10-12-23)15-20(24)21-14-18-4-3-13-27-18/h5-8,16,18H,3-4,9-15H2,1-2H3,(H,21,24)/t18-/m0/s1. The number of amides is 1. The molecule has 0 aliphatic carbocycles. The second kappa shape index (κ2) is 9.35. The summed E-state index contributed by atoms with van der Waals surface area (Å²) >= 11 is 0. The zero-order chi connectivity index (χ0) is 20.1. The first kappa shape index (κ1) is 21.2. The van der Waals surface area contributed by atoms with Gasteiger partial charge in [0.1, 0.15) is 0 Å². The van der Waals surface area contributed by atoms with Crippen LogP contribution in [0.25, 0.3) is 0 Å². The lowest BCUT2D eigenvalue weighted by atomic mass is 10.0. The van der Waals surface area contributed by atoms with E-state index in [9.17, 15) is 13.2 Å². The van der Waals surface area contributed by atoms with Crippen molar-refractivity contribution in [1.29, 1.82) is 0 Å². The average molecular weight is 410 g/mol. The number of nitrogens with zero attached hydrogens (tertiary/aromatic N) is 2. The summed E-state index contributed by atoms with van der Waals surface area (Å²) in [5.74, 6) is 0.336. The van der Waals surface area contributed by atoms with Gasteiger partial charge in [0.2, 0.25) is 15.9 Å². The Bertz CT molecular complexity index is 750. The van der Waals surface area contributed by atoms with E-state index in [4.69, 9.17) is 4.74 Å². The number of piperazine rings is 1. The maximum Gasteiger partial charge on any atom is 0.243 e. The minimum Gasteiger partial charge on any atom is -0.376 e. The molecule has 2 fully saturated rings. The molecule has 0 unspecified atom stereocenters. The fraction of sp³-hybridized carbons (Fsp3) is 0.650. The van der Waals surface area contributed by atoms with E-state index in [0.29, 0.717) is 50.1 Å². The first-order valence-electron chi connectivity index (χ1n) is 10.1. The van der Waals surface area contributed by atoms with Gasteiger partial charge in [-0.2, -0.15) is 4.31 Å². The minimum atomic E-state index is -3.49. The summed E-state index contributed by atoms with van der Waals surface area (Å²) in [6.07, 6.45) is 2.18. The van der Waals surface area contributed by atoms with Gasteiger partial charge in [0.05, 0.1) is 17.5 Å². The zero-order valence-corrected chi connectivity index (χ0v) is 17.6. The summed E-state index contributed by atoms with van der Waals surface area (Å²) in [6.45, 7) is 7.69. The van der Waals surface area contributed by atoms with Crippen molar-refractivity contribution in [2.75, 3.05) is 45.9 Å². The van der Waals surface area contributed by atoms with Gasteiger partial charge in [-0.05, 0) is 36.5 Å². The van der Waals surface area contributed by atoms with Crippen LogP contribution < -0.4 is 5.32 Å². The molecule has 7 nitrogen and oxygen atoms in total. The molecule has 0 spiro atoms. The van der Waals surface area contributed by atoms with E-state index < -0.39 is 10.0 Å². The summed E-state index contributed by atoms with van der Waals surface area (Å²) in [5.41, 5.74) is 1.12. The van der Waals surface area contributed by atoms with Crippen LogP contribution in [0.15, 0.2) is 29.2 Å². The second-order valence-corrected chi connectivity index (χ2v) is 9.78. The Hall–Kier alpha value is -1.48. The van der Waals surface area contributed by atoms with Crippen LogP contribution in [0.2, 0.25) is 0 Å². The number of carbonyl (C=O) groups excluding carboxylic acids is 1. The zero-order valence-electron chi connectivity index (χ0n) is 16.8. The molecular weight excluding hydrogens is 378 g/mol. The Morgan fingerprint density at radius 2 is 1.86 bits per heavy atom. The molecule has 1 aromatic carbocycles. The molecule has 2 aliphatic rings. The van der Waals surface area contributed by atoms with E-state index in [1.165, 1.54) is 4.31 Å². The second-order valence-electron chi connectivity index (χ2n) is 7.84. The highest BCUT2D eigenvalue weighted by Gasteiger charge is 2.29. The molecule has 3 rings (SSSR count). The number of nitrogens with one attached hydrogen (secondary N) is 1. The Morgan fingerprint density at radius 1 is 1.18 bits per heavy atom. The van der Waals surface area contributed by atoms with Crippen molar-refractivity contribution < 1.29 is 17.9 Å². The average Bonchev–Trinajstić information content (AvgIpc) is 3.20. The third-order valence-electron chi connectivity index (χ3n) is 5.43. The third-order valence-corrected chi connectivity index (χ3v) is 7.35. The van der Waals surface area contributed by atoms with Crippen LogP contribution in [-0.4, -0.2) is 75.5 Å². The highest BCUT2D eigenvalue weighted by Crippen LogP contribution is 2.21. The van der Waals surface area contributed by atoms with Gasteiger partial charge in [-0.3, -0.25) is 9.69 Å². The van der Waals surface area contributed by atoms with Crippen LogP contribution in [0, 0.1) is 0 Å². The minimum absolute atomic E-state index is 0.0314. The van der Waals surface area contributed by atoms with Gasteiger partial charge in [0.15, 0.2) is 0 Å². The lowest BCUT2D eigenvalue weighted by molar-refractivity contribution is -0.123. The summed E-state index contributed by atoms with van der Waals surface area (Å²) < 4.78 is 32.7. The van der Waals surface area contributed by atoms with Crippen LogP contribution in [0.3, 0.4) is 0 Å². The third kappa shape index (κ3) is 5.31. The molecule has 2 aliphatic heterocycles. The molecule has 1 N–H and O–H groups in total. The molecule has 2 saturated heterocycles. The Kier molecular flexibility index (Phi) is 7.09. The molecular formula is C20H31N3O4S. The first-order chi connectivity index (χ1) is 13.4. The molecule has 2 heterocycles. The summed E-state index contributed by atoms with van der Waals surface area (Å²) in [7, 11) is -3.49. The van der Waals surface area contributed by atoms with Crippen molar-refractivity contribution >= 4 is 15.9 Å². The molecule has 28 heavy (non-hydrogen) atoms. The number of hydrogen-bond acceptors (Lipinski definition) is 5. The fourth-order valence-corrected chi connectivity index (χ4v) is 5.02. The number of carbonyl (C=O) groups is 1. The van der Waals surface area contributed by atoms with Crippen molar-refractivity contribution in [3.63, 3.8) is 0 Å². The summed E-state index contributed by atoms with van der Waals surface area (Å²) in [6, 6.07) is 7.14. The van der Waals surface area contributed by atoms with E-state index >= 15 is 0 Å². The van der Waals surface area contributed by atoms with Crippen molar-refractivity contribution in [3.05, 3.63) is 29.8 Å². The van der Waals surface area contributed by atoms with Crippen LogP contribution in [0.4, 0.5) is 0 Å². The number of sulfonamides is 1. The van der Waals surface area contributed by atoms with Crippen LogP contribution >= 0.6 is 0 Å². The Labute approximate surface area is 168 Å².